The van der Waals surface area contributed by atoms with Gasteiger partial charge in [0.15, 0.2) is 5.58 Å². The number of carbonyl (C=O) groups is 1. The third kappa shape index (κ3) is 2.60. The number of oxazole rings is 1. The molecule has 1 aromatic carbocycles. The van der Waals surface area contributed by atoms with Gasteiger partial charge >= 0.3 is 0 Å². The van der Waals surface area contributed by atoms with Crippen LogP contribution in [-0.2, 0) is 11.3 Å². The fourth-order valence-electron chi connectivity index (χ4n) is 2.43. The second kappa shape index (κ2) is 5.13. The van der Waals surface area contributed by atoms with Gasteiger partial charge in [-0.15, -0.1) is 0 Å². The lowest BCUT2D eigenvalue weighted by Gasteiger charge is -2.17. The Morgan fingerprint density at radius 1 is 1.40 bits per heavy atom. The van der Waals surface area contributed by atoms with Gasteiger partial charge in [-0.3, -0.25) is 9.69 Å². The molecule has 0 spiro atoms. The van der Waals surface area contributed by atoms with Crippen molar-refractivity contribution in [2.24, 2.45) is 0 Å². The molecular formula is C14H18N4O2. The predicted octanol–water partition coefficient (Wildman–Crippen LogP) is 1.07. The van der Waals surface area contributed by atoms with Crippen LogP contribution in [0.1, 0.15) is 12.3 Å². The van der Waals surface area contributed by atoms with Crippen LogP contribution in [0.5, 0.6) is 0 Å². The molecule has 0 atom stereocenters. The van der Waals surface area contributed by atoms with Crippen molar-refractivity contribution < 1.29 is 9.21 Å². The molecule has 1 aliphatic heterocycles. The Morgan fingerprint density at radius 2 is 2.25 bits per heavy atom. The molecule has 1 amide bonds. The van der Waals surface area contributed by atoms with E-state index in [1.54, 1.807) is 17.0 Å². The summed E-state index contributed by atoms with van der Waals surface area (Å²) in [5, 5.41) is 0. The number of fused-ring (bicyclic) bond motifs is 1. The smallest absolute Gasteiger partial charge is 0.236 e. The van der Waals surface area contributed by atoms with Gasteiger partial charge in [-0.1, -0.05) is 0 Å². The van der Waals surface area contributed by atoms with Gasteiger partial charge in [-0.2, -0.15) is 0 Å². The summed E-state index contributed by atoms with van der Waals surface area (Å²) in [5.41, 5.74) is 7.87. The predicted molar refractivity (Wildman–Crippen MR) is 76.0 cm³/mol. The number of nitrogens with two attached hydrogens (primary N) is 1. The standard InChI is InChI=1S/C14H18N4O2/c1-17-5-2-6-18(9-14(17)19)8-13-16-11-4-3-10(15)7-12(11)20-13/h3-4,7H,2,5-6,8-9,15H2,1H3. The second-order valence-corrected chi connectivity index (χ2v) is 5.21. The highest BCUT2D eigenvalue weighted by Gasteiger charge is 2.20. The van der Waals surface area contributed by atoms with E-state index in [-0.39, 0.29) is 5.91 Å². The van der Waals surface area contributed by atoms with E-state index in [1.165, 1.54) is 0 Å². The molecule has 2 heterocycles. The molecule has 6 heteroatoms. The molecule has 0 unspecified atom stereocenters. The van der Waals surface area contributed by atoms with E-state index in [4.69, 9.17) is 10.2 Å². The van der Waals surface area contributed by atoms with E-state index in [2.05, 4.69) is 9.88 Å². The van der Waals surface area contributed by atoms with Crippen LogP contribution in [0.15, 0.2) is 22.6 Å². The van der Waals surface area contributed by atoms with Crippen molar-refractivity contribution in [1.29, 1.82) is 0 Å². The Bertz CT molecular complexity index is 637. The van der Waals surface area contributed by atoms with Crippen LogP contribution < -0.4 is 5.73 Å². The van der Waals surface area contributed by atoms with Crippen LogP contribution in [0.3, 0.4) is 0 Å². The number of hydrogen-bond acceptors (Lipinski definition) is 5. The zero-order chi connectivity index (χ0) is 14.1. The maximum absolute atomic E-state index is 11.8. The molecule has 0 saturated carbocycles. The van der Waals surface area contributed by atoms with Crippen LogP contribution in [0.2, 0.25) is 0 Å². The Labute approximate surface area is 117 Å². The van der Waals surface area contributed by atoms with E-state index in [0.717, 1.165) is 25.0 Å². The second-order valence-electron chi connectivity index (χ2n) is 5.21. The van der Waals surface area contributed by atoms with Gasteiger partial charge in [0, 0.05) is 31.9 Å². The van der Waals surface area contributed by atoms with Crippen molar-refractivity contribution >= 4 is 22.7 Å². The lowest BCUT2D eigenvalue weighted by Crippen LogP contribution is -2.34. The van der Waals surface area contributed by atoms with E-state index in [1.807, 2.05) is 13.1 Å². The van der Waals surface area contributed by atoms with Crippen molar-refractivity contribution in [3.8, 4) is 0 Å². The molecule has 3 rings (SSSR count). The Kier molecular flexibility index (Phi) is 3.31. The third-order valence-corrected chi connectivity index (χ3v) is 3.57. The van der Waals surface area contributed by atoms with Crippen LogP contribution in [0.4, 0.5) is 5.69 Å². The van der Waals surface area contributed by atoms with Gasteiger partial charge in [0.2, 0.25) is 11.8 Å². The molecule has 6 nitrogen and oxygen atoms in total. The first-order valence-corrected chi connectivity index (χ1v) is 6.73. The molecule has 1 saturated heterocycles. The summed E-state index contributed by atoms with van der Waals surface area (Å²) >= 11 is 0. The maximum Gasteiger partial charge on any atom is 0.236 e. The summed E-state index contributed by atoms with van der Waals surface area (Å²) < 4.78 is 5.70. The molecule has 1 fully saturated rings. The molecule has 0 aliphatic carbocycles. The average Bonchev–Trinajstić information content (AvgIpc) is 2.71. The molecular weight excluding hydrogens is 256 g/mol. The van der Waals surface area contributed by atoms with Gasteiger partial charge in [-0.25, -0.2) is 4.98 Å². The number of amides is 1. The van der Waals surface area contributed by atoms with Crippen LogP contribution in [0, 0.1) is 0 Å². The molecule has 1 aromatic heterocycles. The van der Waals surface area contributed by atoms with E-state index in [0.29, 0.717) is 30.3 Å². The van der Waals surface area contributed by atoms with Crippen LogP contribution in [0.25, 0.3) is 11.1 Å². The minimum Gasteiger partial charge on any atom is -0.439 e. The van der Waals surface area contributed by atoms with Crippen molar-refractivity contribution in [2.75, 3.05) is 32.4 Å². The summed E-state index contributed by atoms with van der Waals surface area (Å²) in [6.07, 6.45) is 0.968. The molecule has 2 N–H and O–H groups in total. The molecule has 2 aromatic rings. The summed E-state index contributed by atoms with van der Waals surface area (Å²) in [6.45, 7) is 2.64. The number of aromatic nitrogens is 1. The highest BCUT2D eigenvalue weighted by Crippen LogP contribution is 2.19. The number of likely N-dealkylation sites (N-methyl/N-ethyl adjacent to an activating group) is 1. The molecule has 0 radical (unpaired) electrons. The lowest BCUT2D eigenvalue weighted by molar-refractivity contribution is -0.130. The normalized spacial score (nSPS) is 17.6. The molecule has 1 aliphatic rings. The minimum absolute atomic E-state index is 0.142. The molecule has 0 bridgehead atoms. The zero-order valence-electron chi connectivity index (χ0n) is 11.5. The Morgan fingerprint density at radius 3 is 3.10 bits per heavy atom. The first-order chi connectivity index (χ1) is 9.61. The van der Waals surface area contributed by atoms with E-state index in [9.17, 15) is 4.79 Å². The highest BCUT2D eigenvalue weighted by molar-refractivity contribution is 5.78. The highest BCUT2D eigenvalue weighted by atomic mass is 16.3. The fraction of sp³-hybridized carbons (Fsp3) is 0.429. The van der Waals surface area contributed by atoms with Gasteiger partial charge in [0.1, 0.15) is 5.52 Å². The van der Waals surface area contributed by atoms with Gasteiger partial charge in [-0.05, 0) is 18.6 Å². The van der Waals surface area contributed by atoms with Crippen LogP contribution in [-0.4, -0.2) is 47.4 Å². The quantitative estimate of drug-likeness (QED) is 0.829. The SMILES string of the molecule is CN1CCCN(Cc2nc3ccc(N)cc3o2)CC1=O. The first-order valence-electron chi connectivity index (χ1n) is 6.73. The topological polar surface area (TPSA) is 75.6 Å². The van der Waals surface area contributed by atoms with Crippen molar-refractivity contribution in [1.82, 2.24) is 14.8 Å². The number of rotatable bonds is 2. The minimum atomic E-state index is 0.142. The number of anilines is 1. The number of hydrogen-bond donors (Lipinski definition) is 1. The van der Waals surface area contributed by atoms with E-state index < -0.39 is 0 Å². The monoisotopic (exact) mass is 274 g/mol. The number of nitrogen functional groups attached to an aromatic ring is 1. The lowest BCUT2D eigenvalue weighted by atomic mass is 10.3. The number of nitrogens with zero attached hydrogens (tertiary/aromatic N) is 3. The maximum atomic E-state index is 11.8. The summed E-state index contributed by atoms with van der Waals surface area (Å²) in [4.78, 5) is 20.1. The average molecular weight is 274 g/mol. The first kappa shape index (κ1) is 12.9. The summed E-state index contributed by atoms with van der Waals surface area (Å²) in [6, 6.07) is 5.42. The van der Waals surface area contributed by atoms with Gasteiger partial charge < -0.3 is 15.1 Å². The van der Waals surface area contributed by atoms with Crippen molar-refractivity contribution in [3.05, 3.63) is 24.1 Å². The third-order valence-electron chi connectivity index (χ3n) is 3.57. The Balaban J connectivity index is 1.77. The van der Waals surface area contributed by atoms with Gasteiger partial charge in [0.05, 0.1) is 13.1 Å². The fourth-order valence-corrected chi connectivity index (χ4v) is 2.43. The molecule has 106 valence electrons. The molecule has 20 heavy (non-hydrogen) atoms. The Hall–Kier alpha value is -2.08. The zero-order valence-corrected chi connectivity index (χ0v) is 11.5. The largest absolute Gasteiger partial charge is 0.439 e. The summed E-state index contributed by atoms with van der Waals surface area (Å²) in [5.74, 6) is 0.769. The van der Waals surface area contributed by atoms with E-state index >= 15 is 0 Å². The van der Waals surface area contributed by atoms with Crippen molar-refractivity contribution in [2.45, 2.75) is 13.0 Å². The van der Waals surface area contributed by atoms with Crippen LogP contribution >= 0.6 is 0 Å². The summed E-state index contributed by atoms with van der Waals surface area (Å²) in [7, 11) is 1.84. The van der Waals surface area contributed by atoms with Gasteiger partial charge in [0.25, 0.3) is 0 Å². The number of benzene rings is 1. The number of carbonyl (C=O) groups excluding carboxylic acids is 1. The van der Waals surface area contributed by atoms with Crippen molar-refractivity contribution in [3.63, 3.8) is 0 Å².